The topological polar surface area (TPSA) is 68.6 Å². The Bertz CT molecular complexity index is 861. The van der Waals surface area contributed by atoms with Crippen molar-refractivity contribution in [2.75, 3.05) is 6.26 Å². The minimum absolute atomic E-state index is 0.163. The van der Waals surface area contributed by atoms with E-state index >= 15 is 0 Å². The van der Waals surface area contributed by atoms with Crippen LogP contribution in [0.2, 0.25) is 0 Å². The molecule has 2 heterocycles. The van der Waals surface area contributed by atoms with Gasteiger partial charge in [-0.05, 0) is 35.7 Å². The minimum Gasteiger partial charge on any atom is -0.229 e. The molecule has 0 spiro atoms. The van der Waals surface area contributed by atoms with E-state index in [0.717, 1.165) is 16.2 Å². The molecule has 0 aliphatic carbocycles. The van der Waals surface area contributed by atoms with Gasteiger partial charge in [0, 0.05) is 18.0 Å². The maximum Gasteiger partial charge on any atom is 0.342 e. The number of nitrogens with zero attached hydrogens (tertiary/aromatic N) is 2. The van der Waals surface area contributed by atoms with Crippen LogP contribution in [-0.2, 0) is 33.7 Å². The van der Waals surface area contributed by atoms with Crippen LogP contribution in [0.4, 0.5) is 5.82 Å². The Labute approximate surface area is 134 Å². The van der Waals surface area contributed by atoms with Gasteiger partial charge in [-0.3, -0.25) is 0 Å². The fourth-order valence-corrected chi connectivity index (χ4v) is 8.12. The first-order chi connectivity index (χ1) is 10.4. The third kappa shape index (κ3) is 2.96. The highest BCUT2D eigenvalue weighted by Gasteiger charge is 2.43. The molecule has 1 aliphatic heterocycles. The van der Waals surface area contributed by atoms with Crippen molar-refractivity contribution in [2.24, 2.45) is 4.36 Å². The number of pyridine rings is 1. The molecular formula is C14H15N2O3S3+. The number of benzene rings is 1. The second-order valence-electron chi connectivity index (χ2n) is 4.86. The predicted molar refractivity (Wildman–Crippen MR) is 89.4 cm³/mol. The molecule has 22 heavy (non-hydrogen) atoms. The van der Waals surface area contributed by atoms with E-state index in [1.54, 1.807) is 24.3 Å². The number of aromatic nitrogens is 1. The molecule has 0 saturated carbocycles. The smallest absolute Gasteiger partial charge is 0.229 e. The molecule has 3 rings (SSSR count). The van der Waals surface area contributed by atoms with Crippen LogP contribution in [0.3, 0.4) is 0 Å². The highest BCUT2D eigenvalue weighted by molar-refractivity contribution is 8.66. The first kappa shape index (κ1) is 15.7. The first-order valence-electron chi connectivity index (χ1n) is 6.49. The molecule has 1 aliphatic rings. The van der Waals surface area contributed by atoms with Gasteiger partial charge in [0.25, 0.3) is 15.1 Å². The molecule has 2 aromatic rings. The summed E-state index contributed by atoms with van der Waals surface area (Å²) in [5.41, 5.74) is 1.85. The largest absolute Gasteiger partial charge is 0.342 e. The Morgan fingerprint density at radius 3 is 2.45 bits per heavy atom. The van der Waals surface area contributed by atoms with Crippen molar-refractivity contribution in [1.29, 1.82) is 0 Å². The number of fused-ring (bicyclic) bond motifs is 1. The Morgan fingerprint density at radius 1 is 1.09 bits per heavy atom. The minimum atomic E-state index is -3.81. The van der Waals surface area contributed by atoms with Crippen molar-refractivity contribution in [3.05, 3.63) is 47.7 Å². The summed E-state index contributed by atoms with van der Waals surface area (Å²) in [6, 6.07) is 10.3. The maximum atomic E-state index is 12.4. The van der Waals surface area contributed by atoms with Crippen molar-refractivity contribution in [2.45, 2.75) is 23.6 Å². The maximum absolute atomic E-state index is 12.4. The van der Waals surface area contributed by atoms with Gasteiger partial charge in [0.1, 0.15) is 0 Å². The van der Waals surface area contributed by atoms with Gasteiger partial charge in [-0.1, -0.05) is 17.7 Å². The molecule has 1 aromatic heterocycles. The lowest BCUT2D eigenvalue weighted by Gasteiger charge is -2.03. The second-order valence-corrected chi connectivity index (χ2v) is 11.1. The lowest BCUT2D eigenvalue weighted by molar-refractivity contribution is 0.515. The van der Waals surface area contributed by atoms with Crippen molar-refractivity contribution in [3.8, 4) is 0 Å². The van der Waals surface area contributed by atoms with Crippen molar-refractivity contribution < 1.29 is 12.0 Å². The van der Waals surface area contributed by atoms with E-state index < -0.39 is 30.0 Å². The summed E-state index contributed by atoms with van der Waals surface area (Å²) >= 11 is 0. The van der Waals surface area contributed by atoms with E-state index in [1.165, 1.54) is 0 Å². The molecule has 2 unspecified atom stereocenters. The summed E-state index contributed by atoms with van der Waals surface area (Å²) in [4.78, 5) is 5.26. The third-order valence-corrected chi connectivity index (χ3v) is 9.24. The average Bonchev–Trinajstić information content (AvgIpc) is 2.74. The molecule has 2 atom stereocenters. The zero-order valence-electron chi connectivity index (χ0n) is 12.3. The third-order valence-electron chi connectivity index (χ3n) is 3.05. The average molecular weight is 355 g/mol. The summed E-state index contributed by atoms with van der Waals surface area (Å²) in [5.74, 6) is 0.591. The molecule has 1 aromatic carbocycles. The van der Waals surface area contributed by atoms with E-state index in [-0.39, 0.29) is 4.90 Å². The van der Waals surface area contributed by atoms with Gasteiger partial charge in [-0.2, -0.15) is 12.8 Å². The molecular weight excluding hydrogens is 340 g/mol. The lowest BCUT2D eigenvalue weighted by Crippen LogP contribution is -2.16. The quantitative estimate of drug-likeness (QED) is 0.627. The SMILES string of the molecule is Cc1ccc(S(=O)(=O)O[S+]2c3ccc(C)nc3N=S2C)cc1. The van der Waals surface area contributed by atoms with Crippen LogP contribution in [0, 0.1) is 13.8 Å². The summed E-state index contributed by atoms with van der Waals surface area (Å²) < 4.78 is 34.8. The summed E-state index contributed by atoms with van der Waals surface area (Å²) in [5, 5.41) is 0. The van der Waals surface area contributed by atoms with Gasteiger partial charge < -0.3 is 0 Å². The normalized spacial score (nSPS) is 20.5. The number of hydrogen-bond donors (Lipinski definition) is 0. The van der Waals surface area contributed by atoms with Gasteiger partial charge in [0.15, 0.2) is 9.72 Å². The monoisotopic (exact) mass is 355 g/mol. The Morgan fingerprint density at radius 2 is 1.77 bits per heavy atom. The van der Waals surface area contributed by atoms with Crippen LogP contribution in [0.1, 0.15) is 11.3 Å². The zero-order chi connectivity index (χ0) is 15.9. The molecule has 8 heteroatoms. The molecule has 116 valence electrons. The van der Waals surface area contributed by atoms with Gasteiger partial charge in [0.2, 0.25) is 5.82 Å². The standard InChI is InChI=1S/C14H15N2O3S3/c1-10-4-7-12(8-5-10)22(17,18)19-21-13-9-6-11(2)15-14(13)16-20(21)3/h4-9H,1-3H3/q+1. The molecule has 5 nitrogen and oxygen atoms in total. The highest BCUT2D eigenvalue weighted by Crippen LogP contribution is 2.37. The fraction of sp³-hybridized carbons (Fsp3) is 0.214. The van der Waals surface area contributed by atoms with Crippen LogP contribution in [0.25, 0.3) is 0 Å². The van der Waals surface area contributed by atoms with Gasteiger partial charge >= 0.3 is 10.1 Å². The van der Waals surface area contributed by atoms with Crippen LogP contribution in [-0.4, -0.2) is 19.7 Å². The highest BCUT2D eigenvalue weighted by atomic mass is 33.2. The summed E-state index contributed by atoms with van der Waals surface area (Å²) in [6.07, 6.45) is 1.87. The molecule has 0 radical (unpaired) electrons. The molecule has 0 N–H and O–H groups in total. The fourth-order valence-electron chi connectivity index (χ4n) is 1.91. The zero-order valence-corrected chi connectivity index (χ0v) is 14.8. The molecule has 0 amide bonds. The van der Waals surface area contributed by atoms with E-state index in [1.807, 2.05) is 32.2 Å². The number of aryl methyl sites for hydroxylation is 2. The Hall–Kier alpha value is -1.22. The molecule has 0 saturated heterocycles. The lowest BCUT2D eigenvalue weighted by atomic mass is 10.2. The number of hydrogen-bond acceptors (Lipinski definition) is 5. The Balaban J connectivity index is 1.94. The van der Waals surface area contributed by atoms with Crippen molar-refractivity contribution in [3.63, 3.8) is 0 Å². The number of rotatable bonds is 3. The van der Waals surface area contributed by atoms with Crippen molar-refractivity contribution in [1.82, 2.24) is 4.98 Å². The van der Waals surface area contributed by atoms with Gasteiger partial charge in [0.05, 0.1) is 4.90 Å². The van der Waals surface area contributed by atoms with Crippen LogP contribution >= 0.6 is 0 Å². The summed E-state index contributed by atoms with van der Waals surface area (Å²) in [6.45, 7) is 3.78. The van der Waals surface area contributed by atoms with E-state index in [9.17, 15) is 8.42 Å². The second kappa shape index (κ2) is 5.77. The predicted octanol–water partition coefficient (Wildman–Crippen LogP) is 2.99. The summed E-state index contributed by atoms with van der Waals surface area (Å²) in [7, 11) is -5.29. The van der Waals surface area contributed by atoms with Crippen LogP contribution in [0.15, 0.2) is 50.6 Å². The van der Waals surface area contributed by atoms with Crippen LogP contribution in [0.5, 0.6) is 0 Å². The first-order valence-corrected chi connectivity index (χ1v) is 11.2. The van der Waals surface area contributed by atoms with Gasteiger partial charge in [-0.15, -0.1) is 0 Å². The van der Waals surface area contributed by atoms with E-state index in [4.69, 9.17) is 3.63 Å². The van der Waals surface area contributed by atoms with E-state index in [2.05, 4.69) is 9.35 Å². The van der Waals surface area contributed by atoms with Gasteiger partial charge in [-0.25, -0.2) is 4.98 Å². The van der Waals surface area contributed by atoms with Crippen LogP contribution < -0.4 is 0 Å². The van der Waals surface area contributed by atoms with Crippen molar-refractivity contribution >= 4 is 35.9 Å². The molecule has 0 bridgehead atoms. The molecule has 0 fully saturated rings. The van der Waals surface area contributed by atoms with E-state index in [0.29, 0.717) is 5.82 Å². The Kier molecular flexibility index (Phi) is 4.11.